The van der Waals surface area contributed by atoms with Crippen LogP contribution in [0.3, 0.4) is 0 Å². The molecular weight excluding hydrogens is 462 g/mol. The Morgan fingerprint density at radius 1 is 1.17 bits per heavy atom. The maximum atomic E-state index is 12.4. The van der Waals surface area contributed by atoms with Crippen molar-refractivity contribution in [3.05, 3.63) is 72.9 Å². The number of hydrogen-bond donors (Lipinski definition) is 2. The van der Waals surface area contributed by atoms with Gasteiger partial charge in [0.15, 0.2) is 17.5 Å². The summed E-state index contributed by atoms with van der Waals surface area (Å²) < 4.78 is 1.95. The van der Waals surface area contributed by atoms with Crippen molar-refractivity contribution in [2.75, 3.05) is 10.6 Å². The quantitative estimate of drug-likeness (QED) is 0.345. The number of imidazole rings is 1. The van der Waals surface area contributed by atoms with E-state index in [-0.39, 0.29) is 0 Å². The summed E-state index contributed by atoms with van der Waals surface area (Å²) in [6, 6.07) is 15.1. The number of fused-ring (bicyclic) bond motifs is 2. The summed E-state index contributed by atoms with van der Waals surface area (Å²) >= 11 is 1.58. The SMILES string of the molecule is CC(=O)C(C#N)C(=O)Nc1ccccc1-c1cn(Cc2ccc3c(c2)Nc2nccnc2S3)cn1. The molecule has 0 saturated heterocycles. The lowest BCUT2D eigenvalue weighted by Gasteiger charge is -2.19. The first-order valence-corrected chi connectivity index (χ1v) is 11.5. The van der Waals surface area contributed by atoms with Gasteiger partial charge in [-0.25, -0.2) is 15.0 Å². The summed E-state index contributed by atoms with van der Waals surface area (Å²) in [4.78, 5) is 38.3. The largest absolute Gasteiger partial charge is 0.337 e. The van der Waals surface area contributed by atoms with E-state index in [4.69, 9.17) is 5.26 Å². The predicted molar refractivity (Wildman–Crippen MR) is 131 cm³/mol. The number of nitrogens with zero attached hydrogens (tertiary/aromatic N) is 5. The van der Waals surface area contributed by atoms with Crippen LogP contribution in [0.4, 0.5) is 17.2 Å². The number of nitriles is 1. The zero-order chi connectivity index (χ0) is 24.4. The van der Waals surface area contributed by atoms with E-state index in [2.05, 4.69) is 43.8 Å². The van der Waals surface area contributed by atoms with Gasteiger partial charge in [0.25, 0.3) is 0 Å². The molecule has 2 aromatic carbocycles. The molecule has 0 fully saturated rings. The summed E-state index contributed by atoms with van der Waals surface area (Å²) in [6.45, 7) is 1.82. The van der Waals surface area contributed by atoms with Gasteiger partial charge in [-0.2, -0.15) is 5.26 Å². The van der Waals surface area contributed by atoms with Crippen molar-refractivity contribution in [3.8, 4) is 17.3 Å². The molecule has 5 rings (SSSR count). The summed E-state index contributed by atoms with van der Waals surface area (Å²) in [7, 11) is 0. The van der Waals surface area contributed by atoms with Crippen LogP contribution in [0, 0.1) is 17.2 Å². The van der Waals surface area contributed by atoms with E-state index in [1.54, 1.807) is 48.7 Å². The Kier molecular flexibility index (Phi) is 5.99. The summed E-state index contributed by atoms with van der Waals surface area (Å²) in [5.41, 5.74) is 3.89. The average Bonchev–Trinajstić information content (AvgIpc) is 3.31. The highest BCUT2D eigenvalue weighted by Crippen LogP contribution is 2.42. The number of benzene rings is 2. The second-order valence-corrected chi connectivity index (χ2v) is 8.94. The third kappa shape index (κ3) is 4.62. The van der Waals surface area contributed by atoms with Crippen molar-refractivity contribution in [1.29, 1.82) is 5.26 Å². The molecule has 0 radical (unpaired) electrons. The Morgan fingerprint density at radius 3 is 2.83 bits per heavy atom. The standard InChI is InChI=1S/C25H19N7O2S/c1-15(33)18(11-26)24(34)31-19-5-3-2-4-17(19)21-13-32(14-29-21)12-16-6-7-22-20(10-16)30-23-25(35-22)28-9-8-27-23/h2-10,13-14,18H,12H2,1H3,(H,27,30)(H,31,34). The molecule has 2 N–H and O–H groups in total. The molecule has 172 valence electrons. The zero-order valence-electron chi connectivity index (χ0n) is 18.6. The molecule has 1 aliphatic heterocycles. The fourth-order valence-electron chi connectivity index (χ4n) is 3.73. The Bertz CT molecular complexity index is 1490. The number of anilines is 3. The number of nitrogens with one attached hydrogen (secondary N) is 2. The molecule has 4 aromatic rings. The predicted octanol–water partition coefficient (Wildman–Crippen LogP) is 4.26. The van der Waals surface area contributed by atoms with Gasteiger partial charge in [-0.05, 0) is 30.7 Å². The van der Waals surface area contributed by atoms with Crippen molar-refractivity contribution in [2.45, 2.75) is 23.4 Å². The number of ketones is 1. The number of aromatic nitrogens is 4. The van der Waals surface area contributed by atoms with Gasteiger partial charge >= 0.3 is 0 Å². The lowest BCUT2D eigenvalue weighted by molar-refractivity contribution is -0.127. The molecule has 1 amide bonds. The van der Waals surface area contributed by atoms with Crippen molar-refractivity contribution in [2.24, 2.45) is 5.92 Å². The lowest BCUT2D eigenvalue weighted by Crippen LogP contribution is -2.27. The van der Waals surface area contributed by atoms with Gasteiger partial charge in [-0.3, -0.25) is 9.59 Å². The molecule has 3 heterocycles. The van der Waals surface area contributed by atoms with E-state index < -0.39 is 17.6 Å². The molecule has 0 saturated carbocycles. The van der Waals surface area contributed by atoms with Crippen LogP contribution in [0.5, 0.6) is 0 Å². The van der Waals surface area contributed by atoms with Gasteiger partial charge in [-0.1, -0.05) is 36.0 Å². The molecule has 1 atom stereocenters. The number of hydrogen-bond acceptors (Lipinski definition) is 8. The molecule has 0 spiro atoms. The van der Waals surface area contributed by atoms with Crippen LogP contribution in [0.15, 0.2) is 77.3 Å². The number of carbonyl (C=O) groups excluding carboxylic acids is 2. The van der Waals surface area contributed by atoms with Gasteiger partial charge in [-0.15, -0.1) is 0 Å². The minimum absolute atomic E-state index is 0.485. The normalized spacial score (nSPS) is 12.5. The minimum atomic E-state index is -1.35. The zero-order valence-corrected chi connectivity index (χ0v) is 19.4. The Balaban J connectivity index is 1.34. The Hall–Kier alpha value is -4.49. The lowest BCUT2D eigenvalue weighted by atomic mass is 10.1. The van der Waals surface area contributed by atoms with Gasteiger partial charge in [0.2, 0.25) is 5.91 Å². The third-order valence-electron chi connectivity index (χ3n) is 5.43. The molecular formula is C25H19N7O2S. The molecule has 1 unspecified atom stereocenters. The first kappa shape index (κ1) is 22.3. The van der Waals surface area contributed by atoms with Gasteiger partial charge in [0.1, 0.15) is 5.03 Å². The molecule has 35 heavy (non-hydrogen) atoms. The number of carbonyl (C=O) groups is 2. The van der Waals surface area contributed by atoms with E-state index in [1.165, 1.54) is 6.92 Å². The monoisotopic (exact) mass is 481 g/mol. The molecule has 1 aliphatic rings. The third-order valence-corrected chi connectivity index (χ3v) is 6.49. The van der Waals surface area contributed by atoms with Crippen LogP contribution in [-0.2, 0) is 16.1 Å². The molecule has 0 aliphatic carbocycles. The number of para-hydroxylation sites is 1. The fraction of sp³-hybridized carbons (Fsp3) is 0.120. The smallest absolute Gasteiger partial charge is 0.249 e. The number of Topliss-reactive ketones (excluding diaryl/α,β-unsaturated/α-hetero) is 1. The summed E-state index contributed by atoms with van der Waals surface area (Å²) in [6.07, 6.45) is 6.96. The van der Waals surface area contributed by atoms with Gasteiger partial charge in [0, 0.05) is 35.6 Å². The van der Waals surface area contributed by atoms with Crippen LogP contribution in [0.25, 0.3) is 11.3 Å². The summed E-state index contributed by atoms with van der Waals surface area (Å²) in [5.74, 6) is -1.76. The van der Waals surface area contributed by atoms with Crippen molar-refractivity contribution < 1.29 is 9.59 Å². The summed E-state index contributed by atoms with van der Waals surface area (Å²) in [5, 5.41) is 16.0. The maximum Gasteiger partial charge on any atom is 0.249 e. The Morgan fingerprint density at radius 2 is 2.00 bits per heavy atom. The van der Waals surface area contributed by atoms with E-state index in [1.807, 2.05) is 22.9 Å². The molecule has 0 bridgehead atoms. The van der Waals surface area contributed by atoms with E-state index >= 15 is 0 Å². The fourth-order valence-corrected chi connectivity index (χ4v) is 4.61. The molecule has 9 nitrogen and oxygen atoms in total. The van der Waals surface area contributed by atoms with Crippen molar-refractivity contribution in [3.63, 3.8) is 0 Å². The maximum absolute atomic E-state index is 12.4. The molecule has 2 aromatic heterocycles. The van der Waals surface area contributed by atoms with Crippen molar-refractivity contribution >= 4 is 40.6 Å². The van der Waals surface area contributed by atoms with Crippen molar-refractivity contribution in [1.82, 2.24) is 19.5 Å². The van der Waals surface area contributed by atoms with Gasteiger partial charge in [0.05, 0.1) is 29.5 Å². The van der Waals surface area contributed by atoms with E-state index in [0.717, 1.165) is 27.0 Å². The van der Waals surface area contributed by atoms with Crippen LogP contribution < -0.4 is 10.6 Å². The minimum Gasteiger partial charge on any atom is -0.337 e. The van der Waals surface area contributed by atoms with Crippen LogP contribution >= 0.6 is 11.8 Å². The van der Waals surface area contributed by atoms with Crippen LogP contribution in [0.1, 0.15) is 12.5 Å². The Labute approximate surface area is 205 Å². The first-order chi connectivity index (χ1) is 17.0. The van der Waals surface area contributed by atoms with Crippen LogP contribution in [0.2, 0.25) is 0 Å². The van der Waals surface area contributed by atoms with Crippen LogP contribution in [-0.4, -0.2) is 31.2 Å². The second-order valence-electron chi connectivity index (χ2n) is 7.91. The highest BCUT2D eigenvalue weighted by molar-refractivity contribution is 7.99. The highest BCUT2D eigenvalue weighted by atomic mass is 32.2. The van der Waals surface area contributed by atoms with E-state index in [0.29, 0.717) is 23.5 Å². The number of amides is 1. The average molecular weight is 482 g/mol. The highest BCUT2D eigenvalue weighted by Gasteiger charge is 2.24. The first-order valence-electron chi connectivity index (χ1n) is 10.7. The van der Waals surface area contributed by atoms with Gasteiger partial charge < -0.3 is 15.2 Å². The topological polar surface area (TPSA) is 126 Å². The molecule has 10 heteroatoms. The number of rotatable bonds is 6. The second kappa shape index (κ2) is 9.40. The van der Waals surface area contributed by atoms with E-state index in [9.17, 15) is 9.59 Å².